The van der Waals surface area contributed by atoms with Gasteiger partial charge in [-0.15, -0.1) is 0 Å². The van der Waals surface area contributed by atoms with E-state index in [-0.39, 0.29) is 17.4 Å². The summed E-state index contributed by atoms with van der Waals surface area (Å²) in [6.07, 6.45) is 0. The van der Waals surface area contributed by atoms with Crippen molar-refractivity contribution in [3.05, 3.63) is 35.1 Å². The average molecular weight is 279 g/mol. The Morgan fingerprint density at radius 3 is 2.60 bits per heavy atom. The lowest BCUT2D eigenvalue weighted by molar-refractivity contribution is 0.0180. The van der Waals surface area contributed by atoms with Crippen LogP contribution in [0.3, 0.4) is 0 Å². The Morgan fingerprint density at radius 1 is 1.35 bits per heavy atom. The molecule has 0 spiro atoms. The van der Waals surface area contributed by atoms with Crippen LogP contribution >= 0.6 is 0 Å². The predicted octanol–water partition coefficient (Wildman–Crippen LogP) is 2.16. The van der Waals surface area contributed by atoms with Crippen LogP contribution in [0.2, 0.25) is 0 Å². The number of nitrogens with two attached hydrogens (primary N) is 1. The predicted molar refractivity (Wildman–Crippen MR) is 81.2 cm³/mol. The molecule has 20 heavy (non-hydrogen) atoms. The van der Waals surface area contributed by atoms with Crippen LogP contribution in [0, 0.1) is 12.7 Å². The second kappa shape index (κ2) is 5.80. The molecule has 0 saturated carbocycles. The van der Waals surface area contributed by atoms with Gasteiger partial charge in [-0.25, -0.2) is 4.39 Å². The summed E-state index contributed by atoms with van der Waals surface area (Å²) in [5.74, 6) is -0.144. The summed E-state index contributed by atoms with van der Waals surface area (Å²) in [6.45, 7) is 9.71. The minimum atomic E-state index is -0.144. The maximum Gasteiger partial charge on any atom is 0.126 e. The normalized spacial score (nSPS) is 21.9. The van der Waals surface area contributed by atoms with Crippen molar-refractivity contribution in [1.82, 2.24) is 9.80 Å². The molecule has 4 heteroatoms. The van der Waals surface area contributed by atoms with Crippen LogP contribution in [0.5, 0.6) is 0 Å². The number of halogens is 1. The second-order valence-corrected chi connectivity index (χ2v) is 6.46. The van der Waals surface area contributed by atoms with Crippen molar-refractivity contribution < 1.29 is 4.39 Å². The van der Waals surface area contributed by atoms with Crippen LogP contribution in [0.4, 0.5) is 4.39 Å². The van der Waals surface area contributed by atoms with Gasteiger partial charge in [-0.3, -0.25) is 9.80 Å². The van der Waals surface area contributed by atoms with Crippen LogP contribution in [0.1, 0.15) is 31.0 Å². The summed E-state index contributed by atoms with van der Waals surface area (Å²) in [4.78, 5) is 4.75. The number of rotatable bonds is 3. The topological polar surface area (TPSA) is 32.5 Å². The lowest BCUT2D eigenvalue weighted by atomic mass is 9.95. The van der Waals surface area contributed by atoms with E-state index in [1.54, 1.807) is 13.0 Å². The number of nitrogens with zero attached hydrogens (tertiary/aromatic N) is 2. The zero-order valence-corrected chi connectivity index (χ0v) is 13.0. The minimum Gasteiger partial charge on any atom is -0.329 e. The first-order valence-corrected chi connectivity index (χ1v) is 7.26. The van der Waals surface area contributed by atoms with Gasteiger partial charge in [0.25, 0.3) is 0 Å². The molecule has 0 aromatic heterocycles. The monoisotopic (exact) mass is 279 g/mol. The van der Waals surface area contributed by atoms with Crippen LogP contribution in [0.15, 0.2) is 18.2 Å². The van der Waals surface area contributed by atoms with Gasteiger partial charge in [0.15, 0.2) is 0 Å². The van der Waals surface area contributed by atoms with E-state index in [4.69, 9.17) is 5.73 Å². The van der Waals surface area contributed by atoms with Gasteiger partial charge < -0.3 is 5.73 Å². The Labute approximate surface area is 121 Å². The molecule has 1 saturated heterocycles. The molecule has 1 heterocycles. The van der Waals surface area contributed by atoms with Gasteiger partial charge in [-0.05, 0) is 45.0 Å². The molecule has 1 aliphatic heterocycles. The highest BCUT2D eigenvalue weighted by atomic mass is 19.1. The number of hydrogen-bond acceptors (Lipinski definition) is 3. The number of hydrogen-bond donors (Lipinski definition) is 1. The Kier molecular flexibility index (Phi) is 4.47. The summed E-state index contributed by atoms with van der Waals surface area (Å²) >= 11 is 0. The molecule has 0 bridgehead atoms. The third-order valence-corrected chi connectivity index (χ3v) is 4.59. The molecule has 1 atom stereocenters. The van der Waals surface area contributed by atoms with Gasteiger partial charge in [0, 0.05) is 37.8 Å². The Balaban J connectivity index is 2.22. The van der Waals surface area contributed by atoms with Crippen molar-refractivity contribution in [2.45, 2.75) is 32.4 Å². The molecule has 0 radical (unpaired) electrons. The summed E-state index contributed by atoms with van der Waals surface area (Å²) < 4.78 is 13.8. The van der Waals surface area contributed by atoms with Crippen molar-refractivity contribution in [2.75, 3.05) is 33.2 Å². The zero-order chi connectivity index (χ0) is 14.9. The third kappa shape index (κ3) is 3.03. The van der Waals surface area contributed by atoms with Crippen LogP contribution in [0.25, 0.3) is 0 Å². The molecule has 1 aromatic carbocycles. The molecular weight excluding hydrogens is 253 g/mol. The fourth-order valence-electron chi connectivity index (χ4n) is 2.86. The summed E-state index contributed by atoms with van der Waals surface area (Å²) in [5.41, 5.74) is 7.76. The van der Waals surface area contributed by atoms with E-state index in [1.807, 2.05) is 12.1 Å². The van der Waals surface area contributed by atoms with Gasteiger partial charge in [-0.1, -0.05) is 12.1 Å². The van der Waals surface area contributed by atoms with Gasteiger partial charge in [0.2, 0.25) is 0 Å². The molecule has 0 aliphatic carbocycles. The molecule has 1 aromatic rings. The van der Waals surface area contributed by atoms with E-state index < -0.39 is 0 Å². The lowest BCUT2D eigenvalue weighted by Gasteiger charge is -2.48. The van der Waals surface area contributed by atoms with Crippen LogP contribution in [-0.2, 0) is 0 Å². The smallest absolute Gasteiger partial charge is 0.126 e. The first-order valence-electron chi connectivity index (χ1n) is 7.26. The molecule has 0 amide bonds. The zero-order valence-electron chi connectivity index (χ0n) is 13.0. The number of benzene rings is 1. The number of piperazine rings is 1. The Bertz CT molecular complexity index is 473. The standard InChI is InChI=1S/C16H26FN3/c1-12-5-6-13(9-14(12)17)15(10-18)20-8-7-19(4)16(2,3)11-20/h5-6,9,15H,7-8,10-11,18H2,1-4H3. The van der Waals surface area contributed by atoms with Crippen LogP contribution in [-0.4, -0.2) is 48.6 Å². The van der Waals surface area contributed by atoms with Gasteiger partial charge in [0.05, 0.1) is 0 Å². The third-order valence-electron chi connectivity index (χ3n) is 4.59. The SMILES string of the molecule is Cc1ccc(C(CN)N2CCN(C)C(C)(C)C2)cc1F. The van der Waals surface area contributed by atoms with Crippen molar-refractivity contribution in [3.8, 4) is 0 Å². The molecule has 2 rings (SSSR count). The van der Waals surface area contributed by atoms with Crippen molar-refractivity contribution in [3.63, 3.8) is 0 Å². The van der Waals surface area contributed by atoms with E-state index in [0.29, 0.717) is 12.1 Å². The maximum absolute atomic E-state index is 13.8. The quantitative estimate of drug-likeness (QED) is 0.920. The maximum atomic E-state index is 13.8. The molecule has 112 valence electrons. The van der Waals surface area contributed by atoms with E-state index in [9.17, 15) is 4.39 Å². The molecule has 3 nitrogen and oxygen atoms in total. The summed E-state index contributed by atoms with van der Waals surface area (Å²) in [5, 5.41) is 0. The van der Waals surface area contributed by atoms with Gasteiger partial charge in [-0.2, -0.15) is 0 Å². The highest BCUT2D eigenvalue weighted by Crippen LogP contribution is 2.28. The average Bonchev–Trinajstić information content (AvgIpc) is 2.38. The molecule has 1 fully saturated rings. The van der Waals surface area contributed by atoms with E-state index in [2.05, 4.69) is 30.7 Å². The Morgan fingerprint density at radius 2 is 2.05 bits per heavy atom. The number of likely N-dealkylation sites (N-methyl/N-ethyl adjacent to an activating group) is 1. The first-order chi connectivity index (χ1) is 9.35. The summed E-state index contributed by atoms with van der Waals surface area (Å²) in [7, 11) is 2.15. The Hall–Kier alpha value is -0.970. The van der Waals surface area contributed by atoms with E-state index in [0.717, 1.165) is 25.2 Å². The number of aryl methyl sites for hydroxylation is 1. The fourth-order valence-corrected chi connectivity index (χ4v) is 2.86. The molecule has 1 unspecified atom stereocenters. The summed E-state index contributed by atoms with van der Waals surface area (Å²) in [6, 6.07) is 5.58. The highest BCUT2D eigenvalue weighted by molar-refractivity contribution is 5.26. The second-order valence-electron chi connectivity index (χ2n) is 6.46. The van der Waals surface area contributed by atoms with Crippen molar-refractivity contribution >= 4 is 0 Å². The highest BCUT2D eigenvalue weighted by Gasteiger charge is 2.34. The first kappa shape index (κ1) is 15.4. The minimum absolute atomic E-state index is 0.0954. The fraction of sp³-hybridized carbons (Fsp3) is 0.625. The lowest BCUT2D eigenvalue weighted by Crippen LogP contribution is -2.58. The van der Waals surface area contributed by atoms with Crippen molar-refractivity contribution in [1.29, 1.82) is 0 Å². The molecule has 1 aliphatic rings. The van der Waals surface area contributed by atoms with Gasteiger partial charge >= 0.3 is 0 Å². The van der Waals surface area contributed by atoms with Gasteiger partial charge in [0.1, 0.15) is 5.82 Å². The van der Waals surface area contributed by atoms with Crippen molar-refractivity contribution in [2.24, 2.45) is 5.73 Å². The largest absolute Gasteiger partial charge is 0.329 e. The van der Waals surface area contributed by atoms with E-state index in [1.165, 1.54) is 0 Å². The molecule has 2 N–H and O–H groups in total. The van der Waals surface area contributed by atoms with Crippen LogP contribution < -0.4 is 5.73 Å². The molecular formula is C16H26FN3. The van der Waals surface area contributed by atoms with E-state index >= 15 is 0 Å².